The lowest BCUT2D eigenvalue weighted by Crippen LogP contribution is -2.40. The number of rotatable bonds is 8. The predicted molar refractivity (Wildman–Crippen MR) is 89.5 cm³/mol. The average Bonchev–Trinajstić information content (AvgIpc) is 3.39. The van der Waals surface area contributed by atoms with Gasteiger partial charge in [-0.1, -0.05) is 0 Å². The standard InChI is InChI=1S/C18H22F4N2O3/c1-17(2,19)12(16(26)23-3)6-14(25)13-7-15(27-9-18(20,21)22)11(8-24-13)10-4-5-10/h7-8,10,12H,4-6,9H2,1-3H3,(H,23,26). The van der Waals surface area contributed by atoms with Crippen LogP contribution in [0.2, 0.25) is 0 Å². The summed E-state index contributed by atoms with van der Waals surface area (Å²) in [5.41, 5.74) is -1.60. The molecule has 1 heterocycles. The van der Waals surface area contributed by atoms with Crippen molar-refractivity contribution < 1.29 is 31.9 Å². The summed E-state index contributed by atoms with van der Waals surface area (Å²) in [4.78, 5) is 28.4. The van der Waals surface area contributed by atoms with Gasteiger partial charge in [0.2, 0.25) is 5.91 Å². The van der Waals surface area contributed by atoms with Crippen LogP contribution in [0.4, 0.5) is 17.6 Å². The van der Waals surface area contributed by atoms with Gasteiger partial charge in [-0.25, -0.2) is 4.39 Å². The third kappa shape index (κ3) is 5.90. The summed E-state index contributed by atoms with van der Waals surface area (Å²) in [6.07, 6.45) is -2.03. The van der Waals surface area contributed by atoms with Crippen LogP contribution in [0.25, 0.3) is 0 Å². The number of halogens is 4. The number of hydrogen-bond acceptors (Lipinski definition) is 4. The van der Waals surface area contributed by atoms with Gasteiger partial charge in [0.05, 0.1) is 5.92 Å². The Bertz CT molecular complexity index is 710. The van der Waals surface area contributed by atoms with Crippen LogP contribution in [0.5, 0.6) is 5.75 Å². The molecule has 2 rings (SSSR count). The van der Waals surface area contributed by atoms with Crippen LogP contribution >= 0.6 is 0 Å². The lowest BCUT2D eigenvalue weighted by Gasteiger charge is -2.24. The minimum Gasteiger partial charge on any atom is -0.484 e. The number of nitrogens with zero attached hydrogens (tertiary/aromatic N) is 1. The fourth-order valence-corrected chi connectivity index (χ4v) is 2.70. The molecule has 0 saturated heterocycles. The fourth-order valence-electron chi connectivity index (χ4n) is 2.70. The van der Waals surface area contributed by atoms with Gasteiger partial charge < -0.3 is 10.1 Å². The average molecular weight is 390 g/mol. The van der Waals surface area contributed by atoms with E-state index in [-0.39, 0.29) is 17.4 Å². The van der Waals surface area contributed by atoms with Gasteiger partial charge in [-0.15, -0.1) is 0 Å². The predicted octanol–water partition coefficient (Wildman–Crippen LogP) is 3.58. The molecule has 27 heavy (non-hydrogen) atoms. The SMILES string of the molecule is CNC(=O)C(CC(=O)c1cc(OCC(F)(F)F)c(C2CC2)cn1)C(C)(C)F. The number of ether oxygens (including phenoxy) is 1. The Morgan fingerprint density at radius 1 is 1.30 bits per heavy atom. The normalized spacial score (nSPS) is 16.0. The van der Waals surface area contributed by atoms with Crippen LogP contribution < -0.4 is 10.1 Å². The minimum atomic E-state index is -4.52. The Morgan fingerprint density at radius 2 is 1.93 bits per heavy atom. The van der Waals surface area contributed by atoms with Gasteiger partial charge in [-0.3, -0.25) is 14.6 Å². The molecule has 0 aromatic carbocycles. The van der Waals surface area contributed by atoms with E-state index in [0.717, 1.165) is 18.9 Å². The second kappa shape index (κ2) is 7.82. The molecule has 1 atom stereocenters. The Labute approximate surface area is 154 Å². The van der Waals surface area contributed by atoms with Gasteiger partial charge in [0.15, 0.2) is 12.4 Å². The first-order valence-electron chi connectivity index (χ1n) is 8.55. The van der Waals surface area contributed by atoms with E-state index >= 15 is 0 Å². The number of carbonyl (C=O) groups is 2. The van der Waals surface area contributed by atoms with Crippen molar-refractivity contribution in [2.24, 2.45) is 5.92 Å². The van der Waals surface area contributed by atoms with Crippen LogP contribution in [-0.2, 0) is 4.79 Å². The zero-order valence-corrected chi connectivity index (χ0v) is 15.3. The molecule has 0 spiro atoms. The molecule has 0 bridgehead atoms. The highest BCUT2D eigenvalue weighted by Crippen LogP contribution is 2.44. The number of amides is 1. The summed E-state index contributed by atoms with van der Waals surface area (Å²) in [5, 5.41) is 2.31. The van der Waals surface area contributed by atoms with Gasteiger partial charge in [0.1, 0.15) is 17.1 Å². The van der Waals surface area contributed by atoms with E-state index < -0.39 is 42.5 Å². The van der Waals surface area contributed by atoms with E-state index in [0.29, 0.717) is 5.56 Å². The van der Waals surface area contributed by atoms with Crippen molar-refractivity contribution >= 4 is 11.7 Å². The Hall–Kier alpha value is -2.19. The van der Waals surface area contributed by atoms with Crippen molar-refractivity contribution in [1.82, 2.24) is 10.3 Å². The van der Waals surface area contributed by atoms with Crippen molar-refractivity contribution in [3.63, 3.8) is 0 Å². The Balaban J connectivity index is 2.23. The van der Waals surface area contributed by atoms with Crippen LogP contribution in [0.1, 0.15) is 55.1 Å². The van der Waals surface area contributed by atoms with Crippen LogP contribution in [-0.4, -0.2) is 42.2 Å². The summed E-state index contributed by atoms with van der Waals surface area (Å²) in [6, 6.07) is 1.15. The minimum absolute atomic E-state index is 0.0517. The number of ketones is 1. The van der Waals surface area contributed by atoms with Crippen molar-refractivity contribution in [2.45, 2.75) is 50.9 Å². The van der Waals surface area contributed by atoms with Crippen molar-refractivity contribution in [3.8, 4) is 5.75 Å². The van der Waals surface area contributed by atoms with Gasteiger partial charge in [0.25, 0.3) is 0 Å². The van der Waals surface area contributed by atoms with Crippen LogP contribution in [0.3, 0.4) is 0 Å². The molecule has 0 radical (unpaired) electrons. The zero-order chi connectivity index (χ0) is 20.4. The van der Waals surface area contributed by atoms with E-state index in [1.807, 2.05) is 0 Å². The molecule has 150 valence electrons. The van der Waals surface area contributed by atoms with E-state index in [1.165, 1.54) is 27.1 Å². The molecule has 9 heteroatoms. The zero-order valence-electron chi connectivity index (χ0n) is 15.3. The Kier molecular flexibility index (Phi) is 6.11. The maximum atomic E-state index is 14.3. The van der Waals surface area contributed by atoms with E-state index in [4.69, 9.17) is 4.74 Å². The first-order chi connectivity index (χ1) is 12.4. The van der Waals surface area contributed by atoms with Crippen molar-refractivity contribution in [1.29, 1.82) is 0 Å². The monoisotopic (exact) mass is 390 g/mol. The number of nitrogens with one attached hydrogen (secondary N) is 1. The first-order valence-corrected chi connectivity index (χ1v) is 8.55. The molecule has 1 aromatic heterocycles. The number of aromatic nitrogens is 1. The topological polar surface area (TPSA) is 68.3 Å². The molecule has 1 aromatic rings. The van der Waals surface area contributed by atoms with Gasteiger partial charge in [-0.05, 0) is 32.6 Å². The maximum absolute atomic E-state index is 14.3. The molecule has 1 fully saturated rings. The summed E-state index contributed by atoms with van der Waals surface area (Å²) < 4.78 is 56.6. The van der Waals surface area contributed by atoms with E-state index in [1.54, 1.807) is 0 Å². The quantitative estimate of drug-likeness (QED) is 0.544. The lowest BCUT2D eigenvalue weighted by atomic mass is 9.86. The smallest absolute Gasteiger partial charge is 0.422 e. The van der Waals surface area contributed by atoms with Crippen LogP contribution in [0, 0.1) is 5.92 Å². The van der Waals surface area contributed by atoms with Gasteiger partial charge in [0, 0.05) is 31.3 Å². The molecular weight excluding hydrogens is 368 g/mol. The highest BCUT2D eigenvalue weighted by molar-refractivity contribution is 5.97. The number of carbonyl (C=O) groups excluding carboxylic acids is 2. The summed E-state index contributed by atoms with van der Waals surface area (Å²) in [6.45, 7) is 0.881. The molecule has 1 saturated carbocycles. The maximum Gasteiger partial charge on any atom is 0.422 e. The first kappa shape index (κ1) is 21.1. The summed E-state index contributed by atoms with van der Waals surface area (Å²) in [7, 11) is 1.33. The van der Waals surface area contributed by atoms with Crippen LogP contribution in [0.15, 0.2) is 12.3 Å². The van der Waals surface area contributed by atoms with E-state index in [2.05, 4.69) is 10.3 Å². The summed E-state index contributed by atoms with van der Waals surface area (Å²) >= 11 is 0. The molecule has 1 aliphatic carbocycles. The summed E-state index contributed by atoms with van der Waals surface area (Å²) in [5.74, 6) is -2.52. The molecule has 1 N–H and O–H groups in total. The third-order valence-electron chi connectivity index (χ3n) is 4.37. The molecule has 0 aliphatic heterocycles. The van der Waals surface area contributed by atoms with E-state index in [9.17, 15) is 27.2 Å². The number of Topliss-reactive ketones (excluding diaryl/α,β-unsaturated/α-hetero) is 1. The molecule has 1 amide bonds. The Morgan fingerprint density at radius 3 is 2.41 bits per heavy atom. The van der Waals surface area contributed by atoms with Gasteiger partial charge in [-0.2, -0.15) is 13.2 Å². The highest BCUT2D eigenvalue weighted by atomic mass is 19.4. The number of alkyl halides is 4. The second-order valence-electron chi connectivity index (χ2n) is 7.14. The fraction of sp³-hybridized carbons (Fsp3) is 0.611. The highest BCUT2D eigenvalue weighted by Gasteiger charge is 2.37. The number of pyridine rings is 1. The number of hydrogen-bond donors (Lipinski definition) is 1. The van der Waals surface area contributed by atoms with Crippen molar-refractivity contribution in [3.05, 3.63) is 23.5 Å². The largest absolute Gasteiger partial charge is 0.484 e. The lowest BCUT2D eigenvalue weighted by molar-refractivity contribution is -0.153. The third-order valence-corrected chi connectivity index (χ3v) is 4.37. The van der Waals surface area contributed by atoms with Crippen molar-refractivity contribution in [2.75, 3.05) is 13.7 Å². The second-order valence-corrected chi connectivity index (χ2v) is 7.14. The molecule has 1 unspecified atom stereocenters. The molecule has 5 nitrogen and oxygen atoms in total. The molecule has 1 aliphatic rings. The van der Waals surface area contributed by atoms with Gasteiger partial charge >= 0.3 is 6.18 Å². The molecular formula is C18H22F4N2O3.